The largest absolute Gasteiger partial charge is 0.504 e. The summed E-state index contributed by atoms with van der Waals surface area (Å²) in [6.07, 6.45) is 3.25. The van der Waals surface area contributed by atoms with Crippen LogP contribution < -0.4 is 9.47 Å². The fourth-order valence-electron chi connectivity index (χ4n) is 2.96. The van der Waals surface area contributed by atoms with E-state index in [0.29, 0.717) is 22.6 Å². The van der Waals surface area contributed by atoms with Crippen LogP contribution in [0.5, 0.6) is 23.0 Å². The number of phenolic OH excluding ortho intramolecular Hbond substituents is 2. The molecule has 37 heavy (non-hydrogen) atoms. The van der Waals surface area contributed by atoms with Crippen molar-refractivity contribution in [3.05, 3.63) is 103 Å². The van der Waals surface area contributed by atoms with Crippen LogP contribution in [0.15, 0.2) is 94.9 Å². The third kappa shape index (κ3) is 9.33. The Morgan fingerprint density at radius 1 is 0.595 bits per heavy atom. The first-order valence-electron chi connectivity index (χ1n) is 10.7. The zero-order valence-electron chi connectivity index (χ0n) is 19.9. The number of aliphatic imine (C=N–C) groups is 2. The normalized spacial score (nSPS) is 10.5. The molecule has 4 aromatic carbocycles. The van der Waals surface area contributed by atoms with Crippen molar-refractivity contribution in [2.75, 3.05) is 14.2 Å². The molecular weight excluding hydrogens is 741 g/mol. The SMILES string of the molecule is COc1cccc(C=Nc2ccc(I)cc2)c1O.COc1cccc(C=Nc2ccc(I)cc2)c1O.[Co]. The fraction of sp³-hybridized carbons (Fsp3) is 0.0714. The minimum absolute atomic E-state index is 0. The van der Waals surface area contributed by atoms with Gasteiger partial charge in [-0.05, 0) is 118 Å². The van der Waals surface area contributed by atoms with E-state index >= 15 is 0 Å². The van der Waals surface area contributed by atoms with Gasteiger partial charge in [0.1, 0.15) is 0 Å². The molecule has 6 nitrogen and oxygen atoms in total. The summed E-state index contributed by atoms with van der Waals surface area (Å²) >= 11 is 4.49. The molecular formula is C28H24CoI2N2O4. The van der Waals surface area contributed by atoms with E-state index < -0.39 is 0 Å². The second-order valence-corrected chi connectivity index (χ2v) is 9.76. The van der Waals surface area contributed by atoms with Gasteiger partial charge in [-0.1, -0.05) is 12.1 Å². The minimum atomic E-state index is 0. The first kappa shape index (κ1) is 30.6. The molecule has 0 saturated carbocycles. The van der Waals surface area contributed by atoms with Crippen molar-refractivity contribution >= 4 is 69.0 Å². The maximum absolute atomic E-state index is 9.89. The summed E-state index contributed by atoms with van der Waals surface area (Å²) in [6, 6.07) is 26.3. The van der Waals surface area contributed by atoms with Gasteiger partial charge in [-0.15, -0.1) is 0 Å². The summed E-state index contributed by atoms with van der Waals surface area (Å²) in [7, 11) is 3.05. The molecule has 193 valence electrons. The third-order valence-electron chi connectivity index (χ3n) is 4.86. The number of nitrogens with zero attached hydrogens (tertiary/aromatic N) is 2. The van der Waals surface area contributed by atoms with E-state index in [2.05, 4.69) is 55.2 Å². The molecule has 0 bridgehead atoms. The van der Waals surface area contributed by atoms with E-state index in [1.807, 2.05) is 60.7 Å². The average Bonchev–Trinajstić information content (AvgIpc) is 2.90. The molecule has 4 rings (SSSR count). The number of rotatable bonds is 6. The van der Waals surface area contributed by atoms with Crippen LogP contribution in [0.3, 0.4) is 0 Å². The molecule has 0 atom stereocenters. The van der Waals surface area contributed by atoms with Crippen LogP contribution in [0, 0.1) is 7.14 Å². The minimum Gasteiger partial charge on any atom is -0.504 e. The monoisotopic (exact) mass is 765 g/mol. The average molecular weight is 765 g/mol. The molecule has 0 spiro atoms. The number of phenols is 2. The Balaban J connectivity index is 0.000000253. The molecule has 0 aromatic heterocycles. The van der Waals surface area contributed by atoms with Crippen LogP contribution in [-0.2, 0) is 16.8 Å². The Labute approximate surface area is 254 Å². The Morgan fingerprint density at radius 2 is 0.946 bits per heavy atom. The van der Waals surface area contributed by atoms with E-state index in [9.17, 15) is 10.2 Å². The molecule has 0 saturated heterocycles. The van der Waals surface area contributed by atoms with Gasteiger partial charge < -0.3 is 19.7 Å². The second kappa shape index (κ2) is 15.6. The maximum Gasteiger partial charge on any atom is 0.166 e. The molecule has 0 fully saturated rings. The molecule has 0 amide bonds. The van der Waals surface area contributed by atoms with E-state index in [0.717, 1.165) is 18.5 Å². The van der Waals surface area contributed by atoms with Crippen LogP contribution in [0.4, 0.5) is 11.4 Å². The number of hydrogen-bond donors (Lipinski definition) is 2. The third-order valence-corrected chi connectivity index (χ3v) is 6.30. The summed E-state index contributed by atoms with van der Waals surface area (Å²) in [5.74, 6) is 1.10. The number of hydrogen-bond acceptors (Lipinski definition) is 6. The molecule has 0 aliphatic carbocycles. The van der Waals surface area contributed by atoms with Crippen molar-refractivity contribution < 1.29 is 36.5 Å². The number of para-hydroxylation sites is 2. The summed E-state index contributed by atoms with van der Waals surface area (Å²) in [4.78, 5) is 8.62. The second-order valence-electron chi connectivity index (χ2n) is 7.27. The summed E-state index contributed by atoms with van der Waals surface area (Å²) in [6.45, 7) is 0. The predicted octanol–water partition coefficient (Wildman–Crippen LogP) is 7.51. The number of benzene rings is 4. The molecule has 1 radical (unpaired) electrons. The number of aromatic hydroxyl groups is 2. The van der Waals surface area contributed by atoms with Gasteiger partial charge in [-0.25, -0.2) is 0 Å². The van der Waals surface area contributed by atoms with E-state index in [4.69, 9.17) is 9.47 Å². The van der Waals surface area contributed by atoms with Crippen molar-refractivity contribution in [2.45, 2.75) is 0 Å². The number of ether oxygens (including phenoxy) is 2. The fourth-order valence-corrected chi connectivity index (χ4v) is 3.68. The molecule has 4 aromatic rings. The van der Waals surface area contributed by atoms with Crippen molar-refractivity contribution in [3.63, 3.8) is 0 Å². The number of methoxy groups -OCH3 is 2. The van der Waals surface area contributed by atoms with E-state index in [1.54, 1.807) is 36.7 Å². The van der Waals surface area contributed by atoms with E-state index in [1.165, 1.54) is 14.2 Å². The van der Waals surface area contributed by atoms with Crippen LogP contribution in [-0.4, -0.2) is 36.9 Å². The molecule has 0 aliphatic rings. The molecule has 0 aliphatic heterocycles. The topological polar surface area (TPSA) is 83.6 Å². The molecule has 0 heterocycles. The Hall–Kier alpha value is -2.61. The van der Waals surface area contributed by atoms with Gasteiger partial charge in [0.25, 0.3) is 0 Å². The maximum atomic E-state index is 9.89. The van der Waals surface area contributed by atoms with Crippen molar-refractivity contribution in [1.82, 2.24) is 0 Å². The summed E-state index contributed by atoms with van der Waals surface area (Å²) in [5.41, 5.74) is 2.95. The molecule has 9 heteroatoms. The molecule has 2 N–H and O–H groups in total. The quantitative estimate of drug-likeness (QED) is 0.157. The van der Waals surface area contributed by atoms with Gasteiger partial charge >= 0.3 is 0 Å². The van der Waals surface area contributed by atoms with Crippen LogP contribution >= 0.6 is 45.2 Å². The van der Waals surface area contributed by atoms with Crippen LogP contribution in [0.25, 0.3) is 0 Å². The predicted molar refractivity (Wildman–Crippen MR) is 162 cm³/mol. The van der Waals surface area contributed by atoms with Crippen molar-refractivity contribution in [1.29, 1.82) is 0 Å². The Kier molecular flexibility index (Phi) is 12.9. The van der Waals surface area contributed by atoms with E-state index in [-0.39, 0.29) is 28.3 Å². The van der Waals surface area contributed by atoms with Crippen LogP contribution in [0.1, 0.15) is 11.1 Å². The van der Waals surface area contributed by atoms with Crippen molar-refractivity contribution in [3.8, 4) is 23.0 Å². The smallest absolute Gasteiger partial charge is 0.166 e. The Bertz CT molecular complexity index is 1240. The van der Waals surface area contributed by atoms with Gasteiger partial charge in [-0.3, -0.25) is 9.98 Å². The van der Waals surface area contributed by atoms with Gasteiger partial charge in [0, 0.05) is 47.5 Å². The number of halogens is 2. The van der Waals surface area contributed by atoms with Gasteiger partial charge in [0.15, 0.2) is 23.0 Å². The van der Waals surface area contributed by atoms with Crippen molar-refractivity contribution in [2.24, 2.45) is 9.98 Å². The zero-order chi connectivity index (χ0) is 25.9. The standard InChI is InChI=1S/2C14H12INO2.Co/c2*1-18-13-4-2-3-10(14(13)17)9-16-12-7-5-11(15)6-8-12;/h2*2-9,17H,1H3;. The summed E-state index contributed by atoms with van der Waals surface area (Å²) in [5, 5.41) is 19.8. The Morgan fingerprint density at radius 3 is 1.27 bits per heavy atom. The first-order valence-corrected chi connectivity index (χ1v) is 12.9. The van der Waals surface area contributed by atoms with Crippen LogP contribution in [0.2, 0.25) is 0 Å². The first-order chi connectivity index (χ1) is 17.4. The summed E-state index contributed by atoms with van der Waals surface area (Å²) < 4.78 is 12.4. The van der Waals surface area contributed by atoms with Gasteiger partial charge in [0.2, 0.25) is 0 Å². The van der Waals surface area contributed by atoms with Gasteiger partial charge in [-0.2, -0.15) is 0 Å². The van der Waals surface area contributed by atoms with Gasteiger partial charge in [0.05, 0.1) is 25.6 Å². The molecule has 0 unspecified atom stereocenters. The zero-order valence-corrected chi connectivity index (χ0v) is 25.3.